The summed E-state index contributed by atoms with van der Waals surface area (Å²) in [4.78, 5) is 17.4. The predicted octanol–water partition coefficient (Wildman–Crippen LogP) is 3.00. The van der Waals surface area contributed by atoms with E-state index in [-0.39, 0.29) is 5.91 Å². The molecule has 2 aromatic rings. The van der Waals surface area contributed by atoms with Crippen molar-refractivity contribution in [2.45, 2.75) is 6.42 Å². The molecule has 0 saturated carbocycles. The molecule has 1 fully saturated rings. The highest BCUT2D eigenvalue weighted by molar-refractivity contribution is 7.71. The number of benzene rings is 1. The van der Waals surface area contributed by atoms with Gasteiger partial charge in [0.25, 0.3) is 5.91 Å². The van der Waals surface area contributed by atoms with Gasteiger partial charge in [-0.2, -0.15) is 0 Å². The van der Waals surface area contributed by atoms with Crippen molar-refractivity contribution in [2.75, 3.05) is 24.5 Å². The van der Waals surface area contributed by atoms with Crippen molar-refractivity contribution in [3.8, 4) is 0 Å². The van der Waals surface area contributed by atoms with Gasteiger partial charge in [-0.1, -0.05) is 30.4 Å². The van der Waals surface area contributed by atoms with Crippen molar-refractivity contribution < 1.29 is 4.79 Å². The van der Waals surface area contributed by atoms with Gasteiger partial charge in [0.2, 0.25) is 0 Å². The van der Waals surface area contributed by atoms with Crippen LogP contribution in [-0.4, -0.2) is 30.5 Å². The molecule has 22 heavy (non-hydrogen) atoms. The largest absolute Gasteiger partial charge is 0.371 e. The smallest absolute Gasteiger partial charge is 0.254 e. The van der Waals surface area contributed by atoms with Gasteiger partial charge in [-0.3, -0.25) is 4.79 Å². The van der Waals surface area contributed by atoms with Gasteiger partial charge in [0, 0.05) is 31.5 Å². The number of hydrogen-bond acceptors (Lipinski definition) is 3. The highest BCUT2D eigenvalue weighted by atomic mass is 32.1. The standard InChI is InChI=1S/C17H19N3OS/c21-16(15-7-4-9-18-17(15)22)19-11-13-8-10-20(12-13)14-5-2-1-3-6-14/h1-7,9,13H,8,10-12H2,(H,18,22)(H,19,21)/t13-/m0/s1. The number of nitrogens with zero attached hydrogens (tertiary/aromatic N) is 1. The van der Waals surface area contributed by atoms with Gasteiger partial charge in [-0.15, -0.1) is 0 Å². The fourth-order valence-corrected chi connectivity index (χ4v) is 3.03. The maximum absolute atomic E-state index is 12.2. The van der Waals surface area contributed by atoms with Gasteiger partial charge in [0.05, 0.1) is 5.56 Å². The molecule has 0 bridgehead atoms. The maximum atomic E-state index is 12.2. The lowest BCUT2D eigenvalue weighted by molar-refractivity contribution is 0.0947. The number of carbonyl (C=O) groups excluding carboxylic acids is 1. The molecular formula is C17H19N3OS. The van der Waals surface area contributed by atoms with Gasteiger partial charge in [0.15, 0.2) is 0 Å². The molecule has 1 aromatic carbocycles. The SMILES string of the molecule is O=C(NC[C@@H]1CCN(c2ccccc2)C1)c1ccc[nH]c1=S. The molecular weight excluding hydrogens is 294 g/mol. The molecule has 4 nitrogen and oxygen atoms in total. The molecule has 0 spiro atoms. The van der Waals surface area contributed by atoms with Crippen molar-refractivity contribution in [3.63, 3.8) is 0 Å². The lowest BCUT2D eigenvalue weighted by Crippen LogP contribution is -2.31. The molecule has 1 aromatic heterocycles. The number of pyridine rings is 1. The summed E-state index contributed by atoms with van der Waals surface area (Å²) in [5.41, 5.74) is 1.79. The van der Waals surface area contributed by atoms with Crippen LogP contribution in [0.25, 0.3) is 0 Å². The monoisotopic (exact) mass is 313 g/mol. The number of para-hydroxylation sites is 1. The summed E-state index contributed by atoms with van der Waals surface area (Å²) < 4.78 is 0.484. The van der Waals surface area contributed by atoms with Crippen LogP contribution in [0.3, 0.4) is 0 Å². The van der Waals surface area contributed by atoms with Crippen LogP contribution >= 0.6 is 12.2 Å². The van der Waals surface area contributed by atoms with Crippen molar-refractivity contribution >= 4 is 23.8 Å². The summed E-state index contributed by atoms with van der Waals surface area (Å²) in [6.45, 7) is 2.70. The average Bonchev–Trinajstić information content (AvgIpc) is 3.03. The van der Waals surface area contributed by atoms with Crippen molar-refractivity contribution in [2.24, 2.45) is 5.92 Å². The second-order valence-electron chi connectivity index (χ2n) is 5.56. The van der Waals surface area contributed by atoms with Gasteiger partial charge in [-0.05, 0) is 36.6 Å². The summed E-state index contributed by atoms with van der Waals surface area (Å²) >= 11 is 5.14. The minimum Gasteiger partial charge on any atom is -0.371 e. The Morgan fingerprint density at radius 1 is 1.27 bits per heavy atom. The van der Waals surface area contributed by atoms with Crippen molar-refractivity contribution in [3.05, 3.63) is 58.9 Å². The number of H-pyrrole nitrogens is 1. The number of hydrogen-bond donors (Lipinski definition) is 2. The van der Waals surface area contributed by atoms with Crippen molar-refractivity contribution in [1.29, 1.82) is 0 Å². The maximum Gasteiger partial charge on any atom is 0.254 e. The van der Waals surface area contributed by atoms with Crippen LogP contribution in [0.5, 0.6) is 0 Å². The fraction of sp³-hybridized carbons (Fsp3) is 0.294. The summed E-state index contributed by atoms with van der Waals surface area (Å²) in [6.07, 6.45) is 2.82. The summed E-state index contributed by atoms with van der Waals surface area (Å²) in [5, 5.41) is 3.00. The fourth-order valence-electron chi connectivity index (χ4n) is 2.81. The zero-order valence-electron chi connectivity index (χ0n) is 12.3. The molecule has 1 atom stereocenters. The zero-order chi connectivity index (χ0) is 15.4. The van der Waals surface area contributed by atoms with Crippen LogP contribution in [0.2, 0.25) is 0 Å². The molecule has 5 heteroatoms. The number of aromatic amines is 1. The molecule has 0 radical (unpaired) electrons. The number of aromatic nitrogens is 1. The Morgan fingerprint density at radius 3 is 2.86 bits per heavy atom. The molecule has 1 aliphatic heterocycles. The van der Waals surface area contributed by atoms with Gasteiger partial charge in [0.1, 0.15) is 4.64 Å². The first kappa shape index (κ1) is 14.8. The Hall–Kier alpha value is -2.14. The van der Waals surface area contributed by atoms with E-state index in [0.29, 0.717) is 22.7 Å². The van der Waals surface area contributed by atoms with E-state index in [0.717, 1.165) is 19.5 Å². The van der Waals surface area contributed by atoms with E-state index in [9.17, 15) is 4.79 Å². The van der Waals surface area contributed by atoms with E-state index < -0.39 is 0 Å². The Morgan fingerprint density at radius 2 is 2.09 bits per heavy atom. The van der Waals surface area contributed by atoms with Crippen molar-refractivity contribution in [1.82, 2.24) is 10.3 Å². The molecule has 0 aliphatic carbocycles. The third kappa shape index (κ3) is 3.36. The van der Waals surface area contributed by atoms with Gasteiger partial charge >= 0.3 is 0 Å². The number of carbonyl (C=O) groups is 1. The Kier molecular flexibility index (Phi) is 4.53. The lowest BCUT2D eigenvalue weighted by Gasteiger charge is -2.18. The molecule has 2 N–H and O–H groups in total. The predicted molar refractivity (Wildman–Crippen MR) is 90.7 cm³/mol. The number of rotatable bonds is 4. The molecule has 0 unspecified atom stereocenters. The van der Waals surface area contributed by atoms with E-state index in [1.54, 1.807) is 18.3 Å². The van der Waals surface area contributed by atoms with Crippen LogP contribution in [-0.2, 0) is 0 Å². The Balaban J connectivity index is 1.54. The summed E-state index contributed by atoms with van der Waals surface area (Å²) in [6, 6.07) is 13.9. The Labute approximate surface area is 135 Å². The van der Waals surface area contributed by atoms with E-state index in [1.807, 2.05) is 6.07 Å². The van der Waals surface area contributed by atoms with Crippen LogP contribution < -0.4 is 10.2 Å². The first-order valence-electron chi connectivity index (χ1n) is 7.50. The third-order valence-electron chi connectivity index (χ3n) is 4.02. The molecule has 1 aliphatic rings. The van der Waals surface area contributed by atoms with Gasteiger partial charge < -0.3 is 15.2 Å². The second-order valence-corrected chi connectivity index (χ2v) is 5.97. The lowest BCUT2D eigenvalue weighted by atomic mass is 10.1. The summed E-state index contributed by atoms with van der Waals surface area (Å²) in [5.74, 6) is 0.380. The molecule has 2 heterocycles. The van der Waals surface area contributed by atoms with E-state index in [2.05, 4.69) is 39.5 Å². The highest BCUT2D eigenvalue weighted by Gasteiger charge is 2.23. The normalized spacial score (nSPS) is 17.5. The highest BCUT2D eigenvalue weighted by Crippen LogP contribution is 2.22. The van der Waals surface area contributed by atoms with Crippen LogP contribution in [0.15, 0.2) is 48.7 Å². The molecule has 114 valence electrons. The van der Waals surface area contributed by atoms with E-state index >= 15 is 0 Å². The van der Waals surface area contributed by atoms with Gasteiger partial charge in [-0.25, -0.2) is 0 Å². The molecule has 1 amide bonds. The molecule has 3 rings (SSSR count). The van der Waals surface area contributed by atoms with E-state index in [4.69, 9.17) is 12.2 Å². The van der Waals surface area contributed by atoms with Crippen LogP contribution in [0.1, 0.15) is 16.8 Å². The first-order chi connectivity index (χ1) is 10.7. The quantitative estimate of drug-likeness (QED) is 0.853. The number of nitrogens with one attached hydrogen (secondary N) is 2. The topological polar surface area (TPSA) is 48.1 Å². The van der Waals surface area contributed by atoms with E-state index in [1.165, 1.54) is 5.69 Å². The van der Waals surface area contributed by atoms with Crippen LogP contribution in [0, 0.1) is 10.6 Å². The minimum absolute atomic E-state index is 0.0972. The average molecular weight is 313 g/mol. The third-order valence-corrected chi connectivity index (χ3v) is 4.36. The van der Waals surface area contributed by atoms with Crippen LogP contribution in [0.4, 0.5) is 5.69 Å². The second kappa shape index (κ2) is 6.75. The number of amides is 1. The summed E-state index contributed by atoms with van der Waals surface area (Å²) in [7, 11) is 0. The number of anilines is 1. The first-order valence-corrected chi connectivity index (χ1v) is 7.91. The minimum atomic E-state index is -0.0972. The zero-order valence-corrected chi connectivity index (χ0v) is 13.1. The molecule has 1 saturated heterocycles. The Bertz CT molecular complexity index is 698.